The molecule has 0 saturated heterocycles. The SMILES string of the molecule is CCOP(=O)(OCC)[C@](CC)(C(=O)OC(C)C)[C@@H](C)c1ccccc1. The van der Waals surface area contributed by atoms with Gasteiger partial charge in [0, 0.05) is 5.92 Å². The molecular weight excluding hydrogens is 339 g/mol. The van der Waals surface area contributed by atoms with Crippen LogP contribution in [0.15, 0.2) is 30.3 Å². The maximum atomic E-state index is 13.8. The first-order valence-electron chi connectivity index (χ1n) is 8.94. The Bertz CT molecular complexity index is 577. The highest BCUT2D eigenvalue weighted by atomic mass is 31.2. The Morgan fingerprint density at radius 1 is 1.04 bits per heavy atom. The standard InChI is InChI=1S/C19H31O5P/c1-7-19(18(20)24-15(4)5,25(21,22-8-2)23-9-3)16(6)17-13-11-10-12-14-17/h10-16H,7-9H2,1-6H3/t16-,19-/m0/s1. The molecule has 1 aromatic rings. The van der Waals surface area contributed by atoms with Gasteiger partial charge in [-0.3, -0.25) is 9.36 Å². The number of carbonyl (C=O) groups excluding carboxylic acids is 1. The average molecular weight is 370 g/mol. The van der Waals surface area contributed by atoms with E-state index < -0.39 is 24.6 Å². The second kappa shape index (κ2) is 9.51. The first-order valence-corrected chi connectivity index (χ1v) is 10.5. The Hall–Kier alpha value is -1.16. The molecule has 0 spiro atoms. The summed E-state index contributed by atoms with van der Waals surface area (Å²) < 4.78 is 30.5. The number of benzene rings is 1. The van der Waals surface area contributed by atoms with Gasteiger partial charge in [0.15, 0.2) is 5.16 Å². The van der Waals surface area contributed by atoms with Gasteiger partial charge in [-0.15, -0.1) is 0 Å². The van der Waals surface area contributed by atoms with Crippen LogP contribution in [0.5, 0.6) is 0 Å². The Morgan fingerprint density at radius 3 is 1.96 bits per heavy atom. The molecule has 142 valence electrons. The lowest BCUT2D eigenvalue weighted by Gasteiger charge is -2.40. The normalized spacial score (nSPS) is 15.6. The number of esters is 1. The van der Waals surface area contributed by atoms with E-state index in [9.17, 15) is 9.36 Å². The molecule has 6 heteroatoms. The lowest BCUT2D eigenvalue weighted by Crippen LogP contribution is -2.46. The van der Waals surface area contributed by atoms with E-state index in [1.807, 2.05) is 44.2 Å². The van der Waals surface area contributed by atoms with Gasteiger partial charge in [-0.1, -0.05) is 44.2 Å². The smallest absolute Gasteiger partial charge is 0.348 e. The molecule has 0 fully saturated rings. The van der Waals surface area contributed by atoms with Crippen molar-refractivity contribution in [2.45, 2.75) is 65.1 Å². The van der Waals surface area contributed by atoms with Crippen LogP contribution in [0, 0.1) is 0 Å². The first kappa shape index (κ1) is 21.9. The fourth-order valence-corrected chi connectivity index (χ4v) is 5.61. The van der Waals surface area contributed by atoms with Crippen LogP contribution in [0.2, 0.25) is 0 Å². The van der Waals surface area contributed by atoms with Crippen molar-refractivity contribution in [2.24, 2.45) is 0 Å². The van der Waals surface area contributed by atoms with E-state index in [1.54, 1.807) is 27.7 Å². The molecule has 25 heavy (non-hydrogen) atoms. The summed E-state index contributed by atoms with van der Waals surface area (Å²) in [5.41, 5.74) is 0.893. The second-order valence-corrected chi connectivity index (χ2v) is 8.51. The maximum Gasteiger partial charge on any atom is 0.348 e. The van der Waals surface area contributed by atoms with Crippen LogP contribution in [0.25, 0.3) is 0 Å². The fourth-order valence-electron chi connectivity index (χ4n) is 3.11. The molecule has 1 rings (SSSR count). The highest BCUT2D eigenvalue weighted by molar-refractivity contribution is 7.56. The Kier molecular flexibility index (Phi) is 8.33. The van der Waals surface area contributed by atoms with Gasteiger partial charge in [0.05, 0.1) is 19.3 Å². The number of rotatable bonds is 10. The van der Waals surface area contributed by atoms with E-state index in [0.29, 0.717) is 0 Å². The van der Waals surface area contributed by atoms with Crippen molar-refractivity contribution < 1.29 is 23.1 Å². The zero-order valence-electron chi connectivity index (χ0n) is 16.2. The maximum absolute atomic E-state index is 13.8. The number of carbonyl (C=O) groups is 1. The third-order valence-corrected chi connectivity index (χ3v) is 7.40. The van der Waals surface area contributed by atoms with Crippen molar-refractivity contribution in [3.63, 3.8) is 0 Å². The van der Waals surface area contributed by atoms with Crippen LogP contribution in [0.3, 0.4) is 0 Å². The molecule has 1 aromatic carbocycles. The predicted octanol–water partition coefficient (Wildman–Crippen LogP) is 5.16. The molecule has 0 heterocycles. The van der Waals surface area contributed by atoms with Crippen molar-refractivity contribution in [1.29, 1.82) is 0 Å². The van der Waals surface area contributed by atoms with E-state index in [2.05, 4.69) is 0 Å². The van der Waals surface area contributed by atoms with Gasteiger partial charge in [-0.25, -0.2) is 0 Å². The summed E-state index contributed by atoms with van der Waals surface area (Å²) in [6, 6.07) is 9.53. The second-order valence-electron chi connectivity index (χ2n) is 6.20. The van der Waals surface area contributed by atoms with Crippen LogP contribution in [-0.4, -0.2) is 30.4 Å². The summed E-state index contributed by atoms with van der Waals surface area (Å²) in [7, 11) is -3.77. The Morgan fingerprint density at radius 2 is 1.56 bits per heavy atom. The molecule has 0 saturated carbocycles. The van der Waals surface area contributed by atoms with Crippen LogP contribution < -0.4 is 0 Å². The highest BCUT2D eigenvalue weighted by Crippen LogP contribution is 2.66. The third kappa shape index (κ3) is 4.52. The van der Waals surface area contributed by atoms with E-state index in [1.165, 1.54) is 0 Å². The highest BCUT2D eigenvalue weighted by Gasteiger charge is 2.60. The Labute approximate surface area is 151 Å². The van der Waals surface area contributed by atoms with Gasteiger partial charge in [-0.05, 0) is 39.7 Å². The summed E-state index contributed by atoms with van der Waals surface area (Å²) in [5.74, 6) is -0.930. The van der Waals surface area contributed by atoms with Crippen molar-refractivity contribution in [3.05, 3.63) is 35.9 Å². The summed E-state index contributed by atoms with van der Waals surface area (Å²) in [5, 5.41) is -1.40. The quantitative estimate of drug-likeness (QED) is 0.421. The minimum absolute atomic E-state index is 0.190. The van der Waals surface area contributed by atoms with Crippen molar-refractivity contribution in [3.8, 4) is 0 Å². The zero-order chi connectivity index (χ0) is 19.1. The molecule has 0 aliphatic heterocycles. The molecule has 0 unspecified atom stereocenters. The lowest BCUT2D eigenvalue weighted by molar-refractivity contribution is -0.152. The first-order chi connectivity index (χ1) is 11.8. The van der Waals surface area contributed by atoms with E-state index in [-0.39, 0.29) is 25.7 Å². The molecule has 5 nitrogen and oxygen atoms in total. The molecule has 0 aromatic heterocycles. The lowest BCUT2D eigenvalue weighted by atomic mass is 9.84. The zero-order valence-corrected chi connectivity index (χ0v) is 17.0. The molecule has 0 radical (unpaired) electrons. The fraction of sp³-hybridized carbons (Fsp3) is 0.632. The topological polar surface area (TPSA) is 61.8 Å². The average Bonchev–Trinajstić information content (AvgIpc) is 2.56. The van der Waals surface area contributed by atoms with Crippen molar-refractivity contribution in [1.82, 2.24) is 0 Å². The van der Waals surface area contributed by atoms with Crippen LogP contribution in [0.1, 0.15) is 59.4 Å². The van der Waals surface area contributed by atoms with E-state index in [0.717, 1.165) is 5.56 Å². The van der Waals surface area contributed by atoms with Gasteiger partial charge in [0.1, 0.15) is 0 Å². The molecule has 0 aliphatic carbocycles. The molecular formula is C19H31O5P. The predicted molar refractivity (Wildman–Crippen MR) is 100.0 cm³/mol. The van der Waals surface area contributed by atoms with Gasteiger partial charge in [0.2, 0.25) is 0 Å². The monoisotopic (exact) mass is 370 g/mol. The molecule has 0 amide bonds. The van der Waals surface area contributed by atoms with Crippen LogP contribution in [-0.2, 0) is 23.1 Å². The summed E-state index contributed by atoms with van der Waals surface area (Å²) in [6.07, 6.45) is -0.0376. The summed E-state index contributed by atoms with van der Waals surface area (Å²) >= 11 is 0. The Balaban J connectivity index is 3.57. The van der Waals surface area contributed by atoms with Crippen molar-refractivity contribution in [2.75, 3.05) is 13.2 Å². The van der Waals surface area contributed by atoms with Crippen LogP contribution >= 0.6 is 7.60 Å². The molecule has 2 atom stereocenters. The minimum Gasteiger partial charge on any atom is -0.462 e. The number of ether oxygens (including phenoxy) is 1. The molecule has 0 bridgehead atoms. The van der Waals surface area contributed by atoms with Gasteiger partial charge in [0.25, 0.3) is 0 Å². The van der Waals surface area contributed by atoms with E-state index in [4.69, 9.17) is 13.8 Å². The summed E-state index contributed by atoms with van der Waals surface area (Å²) in [6.45, 7) is 11.1. The largest absolute Gasteiger partial charge is 0.462 e. The third-order valence-electron chi connectivity index (χ3n) is 4.34. The summed E-state index contributed by atoms with van der Waals surface area (Å²) in [4.78, 5) is 13.2. The van der Waals surface area contributed by atoms with Gasteiger partial charge < -0.3 is 13.8 Å². The number of hydrogen-bond acceptors (Lipinski definition) is 5. The molecule has 0 N–H and O–H groups in total. The van der Waals surface area contributed by atoms with Gasteiger partial charge in [-0.2, -0.15) is 0 Å². The minimum atomic E-state index is -3.77. The van der Waals surface area contributed by atoms with Crippen LogP contribution in [0.4, 0.5) is 0 Å². The van der Waals surface area contributed by atoms with Crippen molar-refractivity contribution >= 4 is 13.6 Å². The molecule has 0 aliphatic rings. The number of hydrogen-bond donors (Lipinski definition) is 0. The van der Waals surface area contributed by atoms with E-state index >= 15 is 0 Å². The van der Waals surface area contributed by atoms with Gasteiger partial charge >= 0.3 is 13.6 Å².